The number of rotatable bonds is 3. The van der Waals surface area contributed by atoms with Crippen molar-refractivity contribution in [2.24, 2.45) is 0 Å². The summed E-state index contributed by atoms with van der Waals surface area (Å²) in [6, 6.07) is 10.7. The van der Waals surface area contributed by atoms with Crippen LogP contribution in [-0.4, -0.2) is 24.1 Å². The summed E-state index contributed by atoms with van der Waals surface area (Å²) in [6.45, 7) is 1.86. The largest absolute Gasteiger partial charge is 0.381 e. The van der Waals surface area contributed by atoms with E-state index < -0.39 is 0 Å². The highest BCUT2D eigenvalue weighted by molar-refractivity contribution is 6.33. The number of anilines is 2. The maximum atomic E-state index is 13.3. The summed E-state index contributed by atoms with van der Waals surface area (Å²) in [5, 5.41) is 3.90. The van der Waals surface area contributed by atoms with Gasteiger partial charge in [-0.2, -0.15) is 0 Å². The Morgan fingerprint density at radius 3 is 2.71 bits per heavy atom. The van der Waals surface area contributed by atoms with Crippen molar-refractivity contribution in [1.82, 2.24) is 4.98 Å². The van der Waals surface area contributed by atoms with Crippen LogP contribution in [0.15, 0.2) is 42.6 Å². The smallest absolute Gasteiger partial charge is 0.128 e. The topological polar surface area (TPSA) is 28.2 Å². The predicted molar refractivity (Wildman–Crippen MR) is 84.5 cm³/mol. The zero-order chi connectivity index (χ0) is 14.7. The number of nitrogens with zero attached hydrogens (tertiary/aromatic N) is 2. The van der Waals surface area contributed by atoms with Gasteiger partial charge in [-0.1, -0.05) is 17.7 Å². The van der Waals surface area contributed by atoms with Gasteiger partial charge in [-0.25, -0.2) is 9.37 Å². The van der Waals surface area contributed by atoms with E-state index in [1.807, 2.05) is 24.4 Å². The Balaban J connectivity index is 1.60. The lowest BCUT2D eigenvalue weighted by atomic mass is 10.0. The van der Waals surface area contributed by atoms with Crippen LogP contribution in [0.3, 0.4) is 0 Å². The molecule has 0 spiro atoms. The molecule has 21 heavy (non-hydrogen) atoms. The molecule has 1 saturated heterocycles. The average molecular weight is 306 g/mol. The molecule has 1 aromatic carbocycles. The monoisotopic (exact) mass is 305 g/mol. The van der Waals surface area contributed by atoms with Gasteiger partial charge in [0.15, 0.2) is 0 Å². The van der Waals surface area contributed by atoms with Gasteiger partial charge in [0.25, 0.3) is 0 Å². The summed E-state index contributed by atoms with van der Waals surface area (Å²) >= 11 is 6.09. The van der Waals surface area contributed by atoms with Crippen LogP contribution < -0.4 is 10.2 Å². The van der Waals surface area contributed by atoms with Crippen LogP contribution in [0, 0.1) is 5.82 Å². The molecule has 3 rings (SSSR count). The van der Waals surface area contributed by atoms with E-state index >= 15 is 0 Å². The molecule has 0 aliphatic carbocycles. The molecule has 0 unspecified atom stereocenters. The lowest BCUT2D eigenvalue weighted by Crippen LogP contribution is -2.39. The van der Waals surface area contributed by atoms with Gasteiger partial charge in [0.05, 0.1) is 10.7 Å². The van der Waals surface area contributed by atoms with Gasteiger partial charge in [-0.15, -0.1) is 0 Å². The van der Waals surface area contributed by atoms with E-state index in [1.165, 1.54) is 12.1 Å². The Morgan fingerprint density at radius 2 is 2.00 bits per heavy atom. The van der Waals surface area contributed by atoms with E-state index in [-0.39, 0.29) is 5.82 Å². The summed E-state index contributed by atoms with van der Waals surface area (Å²) in [6.07, 6.45) is 3.76. The van der Waals surface area contributed by atoms with Crippen molar-refractivity contribution < 1.29 is 4.39 Å². The van der Waals surface area contributed by atoms with E-state index in [4.69, 9.17) is 11.6 Å². The molecule has 0 radical (unpaired) electrons. The van der Waals surface area contributed by atoms with E-state index in [1.54, 1.807) is 6.07 Å². The minimum Gasteiger partial charge on any atom is -0.381 e. The molecule has 0 atom stereocenters. The van der Waals surface area contributed by atoms with E-state index in [0.29, 0.717) is 16.8 Å². The summed E-state index contributed by atoms with van der Waals surface area (Å²) in [5.74, 6) is 0.743. The van der Waals surface area contributed by atoms with Crippen LogP contribution >= 0.6 is 11.6 Å². The fraction of sp³-hybridized carbons (Fsp3) is 0.312. The number of hydrogen-bond acceptors (Lipinski definition) is 3. The molecule has 0 saturated carbocycles. The Kier molecular flexibility index (Phi) is 4.25. The van der Waals surface area contributed by atoms with Crippen molar-refractivity contribution in [2.45, 2.75) is 18.9 Å². The molecule has 1 aliphatic rings. The molecular formula is C16H17ClFN3. The van der Waals surface area contributed by atoms with Gasteiger partial charge < -0.3 is 10.2 Å². The van der Waals surface area contributed by atoms with Crippen molar-refractivity contribution >= 4 is 23.1 Å². The molecule has 3 nitrogen and oxygen atoms in total. The summed E-state index contributed by atoms with van der Waals surface area (Å²) < 4.78 is 13.3. The second-order valence-electron chi connectivity index (χ2n) is 5.22. The predicted octanol–water partition coefficient (Wildman–Crippen LogP) is 3.96. The number of piperidine rings is 1. The van der Waals surface area contributed by atoms with Crippen molar-refractivity contribution in [1.29, 1.82) is 0 Å². The summed E-state index contributed by atoms with van der Waals surface area (Å²) in [5.41, 5.74) is 0.674. The van der Waals surface area contributed by atoms with E-state index in [0.717, 1.165) is 31.7 Å². The fourth-order valence-electron chi connectivity index (χ4n) is 2.62. The highest BCUT2D eigenvalue weighted by atomic mass is 35.5. The first-order chi connectivity index (χ1) is 10.2. The summed E-state index contributed by atoms with van der Waals surface area (Å²) in [7, 11) is 0. The lowest BCUT2D eigenvalue weighted by molar-refractivity contribution is 0.523. The Hall–Kier alpha value is -1.81. The third-order valence-corrected chi connectivity index (χ3v) is 4.09. The number of hydrogen-bond donors (Lipinski definition) is 1. The molecule has 1 N–H and O–H groups in total. The Bertz CT molecular complexity index is 598. The van der Waals surface area contributed by atoms with Crippen molar-refractivity contribution in [3.05, 3.63) is 53.4 Å². The number of aromatic nitrogens is 1. The van der Waals surface area contributed by atoms with Gasteiger partial charge in [-0.3, -0.25) is 0 Å². The van der Waals surface area contributed by atoms with Gasteiger partial charge in [0.1, 0.15) is 11.6 Å². The van der Waals surface area contributed by atoms with Crippen LogP contribution in [0.25, 0.3) is 0 Å². The van der Waals surface area contributed by atoms with Crippen molar-refractivity contribution in [3.63, 3.8) is 0 Å². The number of pyridine rings is 1. The van der Waals surface area contributed by atoms with Crippen molar-refractivity contribution in [3.8, 4) is 0 Å². The first-order valence-corrected chi connectivity index (χ1v) is 7.48. The quantitative estimate of drug-likeness (QED) is 0.930. The van der Waals surface area contributed by atoms with Gasteiger partial charge in [-0.05, 0) is 43.2 Å². The molecule has 0 amide bonds. The second kappa shape index (κ2) is 6.31. The average Bonchev–Trinajstić information content (AvgIpc) is 2.53. The number of halogens is 2. The number of benzene rings is 1. The summed E-state index contributed by atoms with van der Waals surface area (Å²) in [4.78, 5) is 6.64. The minimum atomic E-state index is -0.271. The van der Waals surface area contributed by atoms with Crippen LogP contribution in [0.1, 0.15) is 12.8 Å². The third kappa shape index (κ3) is 3.45. The standard InChI is InChI=1S/C16H17ClFN3/c17-14-5-4-12(18)11-15(14)20-13-6-9-21(10-7-13)16-3-1-2-8-19-16/h1-5,8,11,13,20H,6-7,9-10H2. The Morgan fingerprint density at radius 1 is 1.19 bits per heavy atom. The van der Waals surface area contributed by atoms with Gasteiger partial charge in [0.2, 0.25) is 0 Å². The molecule has 2 heterocycles. The first kappa shape index (κ1) is 14.1. The molecule has 2 aromatic rings. The van der Waals surface area contributed by atoms with E-state index in [2.05, 4.69) is 15.2 Å². The van der Waals surface area contributed by atoms with Crippen LogP contribution in [-0.2, 0) is 0 Å². The minimum absolute atomic E-state index is 0.271. The highest BCUT2D eigenvalue weighted by Gasteiger charge is 2.20. The van der Waals surface area contributed by atoms with Gasteiger partial charge >= 0.3 is 0 Å². The van der Waals surface area contributed by atoms with Crippen LogP contribution in [0.4, 0.5) is 15.9 Å². The molecule has 5 heteroatoms. The molecule has 110 valence electrons. The van der Waals surface area contributed by atoms with Crippen LogP contribution in [0.2, 0.25) is 5.02 Å². The molecular weight excluding hydrogens is 289 g/mol. The third-order valence-electron chi connectivity index (χ3n) is 3.76. The lowest BCUT2D eigenvalue weighted by Gasteiger charge is -2.33. The zero-order valence-electron chi connectivity index (χ0n) is 11.6. The zero-order valence-corrected chi connectivity index (χ0v) is 12.4. The maximum absolute atomic E-state index is 13.3. The first-order valence-electron chi connectivity index (χ1n) is 7.10. The van der Waals surface area contributed by atoms with Crippen LogP contribution in [0.5, 0.6) is 0 Å². The van der Waals surface area contributed by atoms with Crippen molar-refractivity contribution in [2.75, 3.05) is 23.3 Å². The fourth-order valence-corrected chi connectivity index (χ4v) is 2.79. The highest BCUT2D eigenvalue weighted by Crippen LogP contribution is 2.26. The normalized spacial score (nSPS) is 16.0. The van der Waals surface area contributed by atoms with E-state index in [9.17, 15) is 4.39 Å². The molecule has 1 aliphatic heterocycles. The molecule has 1 aromatic heterocycles. The van der Waals surface area contributed by atoms with Gasteiger partial charge in [0, 0.05) is 25.3 Å². The second-order valence-corrected chi connectivity index (χ2v) is 5.62. The number of nitrogens with one attached hydrogen (secondary N) is 1. The Labute approximate surface area is 128 Å². The molecule has 0 bridgehead atoms. The molecule has 1 fully saturated rings. The maximum Gasteiger partial charge on any atom is 0.128 e. The SMILES string of the molecule is Fc1ccc(Cl)c(NC2CCN(c3ccccn3)CC2)c1.